The largest absolute Gasteiger partial charge is 0.462 e. The zero-order valence-corrected chi connectivity index (χ0v) is 48.3. The molecule has 74 heavy (non-hydrogen) atoms. The molecular formula is C68H114O6. The second kappa shape index (κ2) is 61.6. The van der Waals surface area contributed by atoms with E-state index in [0.717, 1.165) is 122 Å². The van der Waals surface area contributed by atoms with Crippen LogP contribution in [0.2, 0.25) is 0 Å². The van der Waals surface area contributed by atoms with E-state index in [1.165, 1.54) is 122 Å². The molecule has 0 spiro atoms. The number of unbranched alkanes of at least 4 members (excludes halogenated alkanes) is 26. The third kappa shape index (κ3) is 59.0. The fraction of sp³-hybridized carbons (Fsp3) is 0.691. The normalized spacial score (nSPS) is 12.9. The van der Waals surface area contributed by atoms with Gasteiger partial charge in [0.25, 0.3) is 0 Å². The van der Waals surface area contributed by atoms with Gasteiger partial charge in [-0.1, -0.05) is 271 Å². The highest BCUT2D eigenvalue weighted by atomic mass is 16.6. The van der Waals surface area contributed by atoms with E-state index in [4.69, 9.17) is 14.2 Å². The zero-order valence-electron chi connectivity index (χ0n) is 48.3. The molecule has 0 aromatic heterocycles. The number of carbonyl (C=O) groups is 3. The van der Waals surface area contributed by atoms with Crippen molar-refractivity contribution in [1.29, 1.82) is 0 Å². The van der Waals surface area contributed by atoms with Gasteiger partial charge in [0.2, 0.25) is 0 Å². The molecule has 0 fully saturated rings. The Balaban J connectivity index is 4.07. The van der Waals surface area contributed by atoms with Crippen LogP contribution in [0.4, 0.5) is 0 Å². The minimum Gasteiger partial charge on any atom is -0.462 e. The highest BCUT2D eigenvalue weighted by molar-refractivity contribution is 5.71. The maximum Gasteiger partial charge on any atom is 0.306 e. The number of hydrogen-bond acceptors (Lipinski definition) is 6. The summed E-state index contributed by atoms with van der Waals surface area (Å²) in [6.45, 7) is 6.34. The Morgan fingerprint density at radius 2 is 0.527 bits per heavy atom. The van der Waals surface area contributed by atoms with Gasteiger partial charge in [0.1, 0.15) is 13.2 Å². The Kier molecular flexibility index (Phi) is 58.3. The van der Waals surface area contributed by atoms with E-state index in [1.807, 2.05) is 0 Å². The molecule has 1 unspecified atom stereocenters. The lowest BCUT2D eigenvalue weighted by Crippen LogP contribution is -2.30. The van der Waals surface area contributed by atoms with E-state index in [-0.39, 0.29) is 37.5 Å². The summed E-state index contributed by atoms with van der Waals surface area (Å²) < 4.78 is 16.8. The van der Waals surface area contributed by atoms with Crippen molar-refractivity contribution in [3.63, 3.8) is 0 Å². The van der Waals surface area contributed by atoms with Crippen LogP contribution in [0.1, 0.15) is 284 Å². The highest BCUT2D eigenvalue weighted by Crippen LogP contribution is 2.16. The zero-order chi connectivity index (χ0) is 53.6. The molecule has 0 radical (unpaired) electrons. The molecule has 0 aliphatic carbocycles. The van der Waals surface area contributed by atoms with Crippen molar-refractivity contribution in [1.82, 2.24) is 0 Å². The molecule has 0 aromatic rings. The van der Waals surface area contributed by atoms with E-state index in [1.54, 1.807) is 0 Å². The van der Waals surface area contributed by atoms with Crippen molar-refractivity contribution in [2.75, 3.05) is 13.2 Å². The summed E-state index contributed by atoms with van der Waals surface area (Å²) in [6.07, 6.45) is 84.2. The molecule has 0 rings (SSSR count). The maximum absolute atomic E-state index is 12.8. The predicted molar refractivity (Wildman–Crippen MR) is 320 cm³/mol. The average Bonchev–Trinajstić information content (AvgIpc) is 3.40. The lowest BCUT2D eigenvalue weighted by Gasteiger charge is -2.18. The van der Waals surface area contributed by atoms with E-state index < -0.39 is 6.10 Å². The standard InChI is InChI=1S/C68H114O6/c1-4-7-10-13-16-18-20-22-24-26-28-29-30-31-32-33-34-35-36-37-38-39-41-42-44-46-48-50-52-55-58-61-67(70)73-64-65(63-72-66(69)60-57-54-15-12-9-6-3)74-68(71)62-59-56-53-51-49-47-45-43-40-27-25-23-21-19-17-14-11-8-5-2/h7-8,10-11,16-19,22-25,28-29,40,43,47,49,65H,4-6,9,12-15,20-21,26-27,30-39,41-42,44-46,48,50-64H2,1-3H3/b10-7-,11-8-,18-16-,19-17-,24-22-,25-23-,29-28-,43-40-,49-47-. The lowest BCUT2D eigenvalue weighted by atomic mass is 10.0. The topological polar surface area (TPSA) is 78.9 Å². The summed E-state index contributed by atoms with van der Waals surface area (Å²) in [6, 6.07) is 0. The molecule has 6 nitrogen and oxygen atoms in total. The molecule has 0 aliphatic rings. The van der Waals surface area contributed by atoms with Gasteiger partial charge in [0.15, 0.2) is 6.10 Å². The quantitative estimate of drug-likeness (QED) is 0.0261. The molecule has 0 saturated heterocycles. The first-order chi connectivity index (χ1) is 36.5. The van der Waals surface area contributed by atoms with E-state index in [0.29, 0.717) is 12.8 Å². The van der Waals surface area contributed by atoms with Crippen LogP contribution in [0.5, 0.6) is 0 Å². The first kappa shape index (κ1) is 70.1. The molecular weight excluding hydrogens is 913 g/mol. The lowest BCUT2D eigenvalue weighted by molar-refractivity contribution is -0.167. The summed E-state index contributed by atoms with van der Waals surface area (Å²) in [7, 11) is 0. The first-order valence-corrected chi connectivity index (χ1v) is 30.9. The van der Waals surface area contributed by atoms with Crippen molar-refractivity contribution in [3.05, 3.63) is 109 Å². The molecule has 422 valence electrons. The molecule has 0 N–H and O–H groups in total. The van der Waals surface area contributed by atoms with Gasteiger partial charge in [0, 0.05) is 19.3 Å². The van der Waals surface area contributed by atoms with Crippen LogP contribution in [-0.2, 0) is 28.6 Å². The van der Waals surface area contributed by atoms with Crippen LogP contribution in [0, 0.1) is 0 Å². The number of carbonyl (C=O) groups excluding carboxylic acids is 3. The van der Waals surface area contributed by atoms with E-state index >= 15 is 0 Å². The monoisotopic (exact) mass is 1030 g/mol. The fourth-order valence-electron chi connectivity index (χ4n) is 8.46. The Morgan fingerprint density at radius 3 is 0.838 bits per heavy atom. The van der Waals surface area contributed by atoms with Crippen molar-refractivity contribution in [3.8, 4) is 0 Å². The third-order valence-corrected chi connectivity index (χ3v) is 13.0. The summed E-state index contributed by atoms with van der Waals surface area (Å²) in [5, 5.41) is 0. The van der Waals surface area contributed by atoms with Crippen LogP contribution >= 0.6 is 0 Å². The second-order valence-corrected chi connectivity index (χ2v) is 20.2. The smallest absolute Gasteiger partial charge is 0.306 e. The van der Waals surface area contributed by atoms with Crippen molar-refractivity contribution in [2.24, 2.45) is 0 Å². The SMILES string of the molecule is CC/C=C\C/C=C\C/C=C\C/C=C\C/C=C\CCCCCC(=O)OC(COC(=O)CCCCCCCC)COC(=O)CCCCCCCCCCCCCCCCCCCC/C=C\C/C=C\C/C=C\C/C=C\CC. The molecule has 6 heteroatoms. The summed E-state index contributed by atoms with van der Waals surface area (Å²) in [4.78, 5) is 37.9. The minimum absolute atomic E-state index is 0.0897. The molecule has 0 heterocycles. The molecule has 0 bridgehead atoms. The Hall–Kier alpha value is -3.93. The molecule has 0 aromatic carbocycles. The van der Waals surface area contributed by atoms with Gasteiger partial charge in [-0.25, -0.2) is 0 Å². The van der Waals surface area contributed by atoms with Crippen LogP contribution in [0.25, 0.3) is 0 Å². The number of rotatable bonds is 55. The van der Waals surface area contributed by atoms with Gasteiger partial charge < -0.3 is 14.2 Å². The van der Waals surface area contributed by atoms with Gasteiger partial charge in [0.05, 0.1) is 0 Å². The number of ether oxygens (including phenoxy) is 3. The minimum atomic E-state index is -0.792. The molecule has 0 aliphatic heterocycles. The summed E-state index contributed by atoms with van der Waals surface area (Å²) >= 11 is 0. The fourth-order valence-corrected chi connectivity index (χ4v) is 8.46. The van der Waals surface area contributed by atoms with Crippen molar-refractivity contribution < 1.29 is 28.6 Å². The molecule has 0 amide bonds. The number of allylic oxidation sites excluding steroid dienone is 18. The Labute approximate surface area is 457 Å². The van der Waals surface area contributed by atoms with E-state index in [9.17, 15) is 14.4 Å². The first-order valence-electron chi connectivity index (χ1n) is 30.9. The van der Waals surface area contributed by atoms with Gasteiger partial charge in [-0.3, -0.25) is 14.4 Å². The second-order valence-electron chi connectivity index (χ2n) is 20.2. The number of esters is 3. The van der Waals surface area contributed by atoms with Crippen LogP contribution in [-0.4, -0.2) is 37.2 Å². The van der Waals surface area contributed by atoms with Gasteiger partial charge in [-0.2, -0.15) is 0 Å². The predicted octanol–water partition coefficient (Wildman–Crippen LogP) is 21.0. The molecule has 1 atom stereocenters. The third-order valence-electron chi connectivity index (χ3n) is 13.0. The Bertz CT molecular complexity index is 1510. The van der Waals surface area contributed by atoms with Gasteiger partial charge in [-0.15, -0.1) is 0 Å². The Morgan fingerprint density at radius 1 is 0.284 bits per heavy atom. The maximum atomic E-state index is 12.8. The van der Waals surface area contributed by atoms with Crippen molar-refractivity contribution >= 4 is 17.9 Å². The van der Waals surface area contributed by atoms with E-state index in [2.05, 4.69) is 130 Å². The van der Waals surface area contributed by atoms with Gasteiger partial charge in [-0.05, 0) is 103 Å². The van der Waals surface area contributed by atoms with Crippen LogP contribution < -0.4 is 0 Å². The number of hydrogen-bond donors (Lipinski definition) is 0. The average molecular weight is 1030 g/mol. The summed E-state index contributed by atoms with van der Waals surface area (Å²) in [5.74, 6) is -0.927. The summed E-state index contributed by atoms with van der Waals surface area (Å²) in [5.41, 5.74) is 0. The van der Waals surface area contributed by atoms with Gasteiger partial charge >= 0.3 is 17.9 Å². The van der Waals surface area contributed by atoms with Crippen LogP contribution in [0.3, 0.4) is 0 Å². The molecule has 0 saturated carbocycles. The van der Waals surface area contributed by atoms with Crippen molar-refractivity contribution in [2.45, 2.75) is 290 Å². The highest BCUT2D eigenvalue weighted by Gasteiger charge is 2.19. The van der Waals surface area contributed by atoms with Crippen LogP contribution in [0.15, 0.2) is 109 Å².